The average molecular weight is 397 g/mol. The van der Waals surface area contributed by atoms with Gasteiger partial charge in [0.1, 0.15) is 11.5 Å². The molecule has 1 fully saturated rings. The Kier molecular flexibility index (Phi) is 6.72. The Hall–Kier alpha value is -3.06. The van der Waals surface area contributed by atoms with Crippen molar-refractivity contribution in [3.63, 3.8) is 0 Å². The van der Waals surface area contributed by atoms with Crippen molar-refractivity contribution in [2.45, 2.75) is 25.8 Å². The smallest absolute Gasteiger partial charge is 0.238 e. The van der Waals surface area contributed by atoms with Crippen LogP contribution in [0.5, 0.6) is 11.5 Å². The number of nitrogens with zero attached hydrogens (tertiary/aromatic N) is 1. The van der Waals surface area contributed by atoms with Gasteiger partial charge in [0.05, 0.1) is 20.8 Å². The van der Waals surface area contributed by atoms with Crippen molar-refractivity contribution in [3.05, 3.63) is 48.0 Å². The highest BCUT2D eigenvalue weighted by molar-refractivity contribution is 5.93. The van der Waals surface area contributed by atoms with E-state index in [2.05, 4.69) is 15.5 Å². The van der Waals surface area contributed by atoms with Crippen LogP contribution in [0.1, 0.15) is 31.4 Å². The maximum absolute atomic E-state index is 12.6. The molecule has 0 spiro atoms. The van der Waals surface area contributed by atoms with E-state index in [-0.39, 0.29) is 17.9 Å². The molecule has 0 aliphatic carbocycles. The Morgan fingerprint density at radius 3 is 2.34 bits per heavy atom. The SMILES string of the molecule is COc1ccc([C@H]2CCCN2CC(=O)Nc2ccc(NC(C)=O)cc2)c(OC)c1. The van der Waals surface area contributed by atoms with E-state index in [1.807, 2.05) is 18.2 Å². The standard InChI is InChI=1S/C22H27N3O4/c1-15(26)23-16-6-8-17(9-7-16)24-22(27)14-25-12-4-5-20(25)19-11-10-18(28-2)13-21(19)29-3/h6-11,13,20H,4-5,12,14H2,1-3H3,(H,23,26)(H,24,27)/t20-/m1/s1. The number of hydrogen-bond acceptors (Lipinski definition) is 5. The minimum atomic E-state index is -0.129. The van der Waals surface area contributed by atoms with Gasteiger partial charge in [-0.1, -0.05) is 6.07 Å². The van der Waals surface area contributed by atoms with Crippen molar-refractivity contribution in [1.29, 1.82) is 0 Å². The highest BCUT2D eigenvalue weighted by Crippen LogP contribution is 2.38. The molecule has 1 heterocycles. The van der Waals surface area contributed by atoms with Crippen LogP contribution >= 0.6 is 0 Å². The number of methoxy groups -OCH3 is 2. The van der Waals surface area contributed by atoms with Gasteiger partial charge in [0, 0.05) is 36.0 Å². The molecule has 7 heteroatoms. The van der Waals surface area contributed by atoms with Crippen LogP contribution in [0.15, 0.2) is 42.5 Å². The van der Waals surface area contributed by atoms with Gasteiger partial charge in [-0.05, 0) is 49.7 Å². The number of nitrogens with one attached hydrogen (secondary N) is 2. The molecule has 29 heavy (non-hydrogen) atoms. The van der Waals surface area contributed by atoms with E-state index in [1.165, 1.54) is 6.92 Å². The zero-order valence-corrected chi connectivity index (χ0v) is 17.0. The molecule has 2 N–H and O–H groups in total. The quantitative estimate of drug-likeness (QED) is 0.748. The number of likely N-dealkylation sites (tertiary alicyclic amines) is 1. The van der Waals surface area contributed by atoms with E-state index in [1.54, 1.807) is 38.5 Å². The fraction of sp³-hybridized carbons (Fsp3) is 0.364. The third-order valence-corrected chi connectivity index (χ3v) is 5.00. The first-order valence-electron chi connectivity index (χ1n) is 9.63. The van der Waals surface area contributed by atoms with Crippen LogP contribution in [-0.4, -0.2) is 44.0 Å². The second-order valence-electron chi connectivity index (χ2n) is 7.04. The first kappa shape index (κ1) is 20.7. The molecule has 0 radical (unpaired) electrons. The molecule has 2 amide bonds. The van der Waals surface area contributed by atoms with E-state index in [0.29, 0.717) is 17.9 Å². The van der Waals surface area contributed by atoms with Gasteiger partial charge >= 0.3 is 0 Å². The van der Waals surface area contributed by atoms with Gasteiger partial charge in [-0.15, -0.1) is 0 Å². The van der Waals surface area contributed by atoms with Crippen LogP contribution in [0.3, 0.4) is 0 Å². The van der Waals surface area contributed by atoms with Gasteiger partial charge in [-0.3, -0.25) is 14.5 Å². The van der Waals surface area contributed by atoms with Crippen molar-refractivity contribution in [3.8, 4) is 11.5 Å². The van der Waals surface area contributed by atoms with E-state index < -0.39 is 0 Å². The van der Waals surface area contributed by atoms with Crippen molar-refractivity contribution < 1.29 is 19.1 Å². The van der Waals surface area contributed by atoms with E-state index in [9.17, 15) is 9.59 Å². The van der Waals surface area contributed by atoms with Gasteiger partial charge in [-0.2, -0.15) is 0 Å². The molecule has 1 atom stereocenters. The summed E-state index contributed by atoms with van der Waals surface area (Å²) in [4.78, 5) is 25.9. The number of amides is 2. The molecule has 1 aliphatic heterocycles. The zero-order valence-electron chi connectivity index (χ0n) is 17.0. The Morgan fingerprint density at radius 1 is 1.03 bits per heavy atom. The van der Waals surface area contributed by atoms with Crippen molar-refractivity contribution >= 4 is 23.2 Å². The van der Waals surface area contributed by atoms with E-state index >= 15 is 0 Å². The Bertz CT molecular complexity index is 867. The molecule has 0 saturated carbocycles. The van der Waals surface area contributed by atoms with Gasteiger partial charge in [0.2, 0.25) is 11.8 Å². The highest BCUT2D eigenvalue weighted by atomic mass is 16.5. The summed E-state index contributed by atoms with van der Waals surface area (Å²) in [5.74, 6) is 1.32. The number of carbonyl (C=O) groups excluding carboxylic acids is 2. The summed E-state index contributed by atoms with van der Waals surface area (Å²) in [6.07, 6.45) is 2.00. The monoisotopic (exact) mass is 397 g/mol. The Labute approximate surface area is 171 Å². The maximum Gasteiger partial charge on any atom is 0.238 e. The summed E-state index contributed by atoms with van der Waals surface area (Å²) in [5.41, 5.74) is 2.46. The van der Waals surface area contributed by atoms with E-state index in [0.717, 1.165) is 36.4 Å². The van der Waals surface area contributed by atoms with Crippen LogP contribution in [0.2, 0.25) is 0 Å². The molecule has 7 nitrogen and oxygen atoms in total. The van der Waals surface area contributed by atoms with Gasteiger partial charge in [0.15, 0.2) is 0 Å². The molecule has 1 saturated heterocycles. The summed E-state index contributed by atoms with van der Waals surface area (Å²) in [6, 6.07) is 13.0. The lowest BCUT2D eigenvalue weighted by Crippen LogP contribution is -2.33. The summed E-state index contributed by atoms with van der Waals surface area (Å²) < 4.78 is 10.8. The topological polar surface area (TPSA) is 79.9 Å². The summed E-state index contributed by atoms with van der Waals surface area (Å²) in [7, 11) is 3.28. The van der Waals surface area contributed by atoms with Crippen LogP contribution in [0.25, 0.3) is 0 Å². The Morgan fingerprint density at radius 2 is 1.72 bits per heavy atom. The summed E-state index contributed by atoms with van der Waals surface area (Å²) >= 11 is 0. The van der Waals surface area contributed by atoms with Crippen molar-refractivity contribution in [2.75, 3.05) is 37.9 Å². The lowest BCUT2D eigenvalue weighted by molar-refractivity contribution is -0.117. The lowest BCUT2D eigenvalue weighted by Gasteiger charge is -2.26. The molecule has 1 aliphatic rings. The first-order valence-corrected chi connectivity index (χ1v) is 9.63. The number of anilines is 2. The van der Waals surface area contributed by atoms with Gasteiger partial charge in [0.25, 0.3) is 0 Å². The first-order chi connectivity index (χ1) is 14.0. The molecule has 2 aromatic rings. The third kappa shape index (κ3) is 5.26. The molecule has 0 aromatic heterocycles. The molecule has 0 bridgehead atoms. The number of benzene rings is 2. The minimum absolute atomic E-state index is 0.0725. The van der Waals surface area contributed by atoms with Crippen LogP contribution < -0.4 is 20.1 Å². The molecule has 3 rings (SSSR count). The molecule has 154 valence electrons. The second kappa shape index (κ2) is 9.43. The summed E-state index contributed by atoms with van der Waals surface area (Å²) in [5, 5.41) is 5.63. The lowest BCUT2D eigenvalue weighted by atomic mass is 10.0. The Balaban J connectivity index is 1.65. The number of rotatable bonds is 7. The predicted octanol–water partition coefficient (Wildman–Crippen LogP) is 3.44. The number of ether oxygens (including phenoxy) is 2. The third-order valence-electron chi connectivity index (χ3n) is 5.00. The molecular weight excluding hydrogens is 370 g/mol. The maximum atomic E-state index is 12.6. The van der Waals surface area contributed by atoms with E-state index in [4.69, 9.17) is 9.47 Å². The van der Waals surface area contributed by atoms with Crippen LogP contribution in [0.4, 0.5) is 11.4 Å². The average Bonchev–Trinajstić information content (AvgIpc) is 3.16. The van der Waals surface area contributed by atoms with Crippen LogP contribution in [0, 0.1) is 0 Å². The molecule has 0 unspecified atom stereocenters. The predicted molar refractivity (Wildman–Crippen MR) is 112 cm³/mol. The normalized spacial score (nSPS) is 16.3. The van der Waals surface area contributed by atoms with Gasteiger partial charge in [-0.25, -0.2) is 0 Å². The van der Waals surface area contributed by atoms with Crippen molar-refractivity contribution in [2.24, 2.45) is 0 Å². The van der Waals surface area contributed by atoms with Crippen molar-refractivity contribution in [1.82, 2.24) is 4.90 Å². The summed E-state index contributed by atoms with van der Waals surface area (Å²) in [6.45, 7) is 2.61. The number of hydrogen-bond donors (Lipinski definition) is 2. The second-order valence-corrected chi connectivity index (χ2v) is 7.04. The fourth-order valence-electron chi connectivity index (χ4n) is 3.69. The zero-order chi connectivity index (χ0) is 20.8. The minimum Gasteiger partial charge on any atom is -0.497 e. The highest BCUT2D eigenvalue weighted by Gasteiger charge is 2.29. The fourth-order valence-corrected chi connectivity index (χ4v) is 3.69. The van der Waals surface area contributed by atoms with Gasteiger partial charge < -0.3 is 20.1 Å². The number of carbonyl (C=O) groups is 2. The largest absolute Gasteiger partial charge is 0.497 e. The molecular formula is C22H27N3O4. The van der Waals surface area contributed by atoms with Crippen LogP contribution in [-0.2, 0) is 9.59 Å². The molecule has 2 aromatic carbocycles.